The molecule has 0 unspecified atom stereocenters. The molecule has 3 nitrogen and oxygen atoms in total. The summed E-state index contributed by atoms with van der Waals surface area (Å²) in [5.41, 5.74) is 4.41. The second-order valence-corrected chi connectivity index (χ2v) is 6.50. The summed E-state index contributed by atoms with van der Waals surface area (Å²) in [5, 5.41) is 2.56. The van der Waals surface area contributed by atoms with Crippen molar-refractivity contribution in [2.24, 2.45) is 0 Å². The van der Waals surface area contributed by atoms with Gasteiger partial charge in [0, 0.05) is 35.2 Å². The maximum Gasteiger partial charge on any atom is 0.113 e. The summed E-state index contributed by atoms with van der Waals surface area (Å²) in [6.07, 6.45) is 8.75. The first-order valence-electron chi connectivity index (χ1n) is 9.17. The first-order valence-corrected chi connectivity index (χ1v) is 9.17. The zero-order chi connectivity index (χ0) is 17.1. The number of pyridine rings is 2. The molecule has 0 fully saturated rings. The van der Waals surface area contributed by atoms with Crippen LogP contribution in [0.2, 0.25) is 0 Å². The predicted molar refractivity (Wildman–Crippen MR) is 105 cm³/mol. The van der Waals surface area contributed by atoms with Crippen LogP contribution >= 0.6 is 0 Å². The molecule has 4 aromatic rings. The lowest BCUT2D eigenvalue weighted by atomic mass is 10.1. The Kier molecular flexibility index (Phi) is 4.47. The van der Waals surface area contributed by atoms with E-state index in [1.165, 1.54) is 47.5 Å². The van der Waals surface area contributed by atoms with Crippen LogP contribution in [0.5, 0.6) is 0 Å². The molecular formula is C22H23N3. The van der Waals surface area contributed by atoms with Gasteiger partial charge in [-0.15, -0.1) is 0 Å². The van der Waals surface area contributed by atoms with Gasteiger partial charge in [-0.25, -0.2) is 0 Å². The highest BCUT2D eigenvalue weighted by molar-refractivity contribution is 6.11. The van der Waals surface area contributed by atoms with E-state index in [4.69, 9.17) is 4.98 Å². The summed E-state index contributed by atoms with van der Waals surface area (Å²) in [4.78, 5) is 9.24. The van der Waals surface area contributed by atoms with E-state index in [-0.39, 0.29) is 0 Å². The smallest absolute Gasteiger partial charge is 0.113 e. The molecule has 0 saturated heterocycles. The highest BCUT2D eigenvalue weighted by Crippen LogP contribution is 2.34. The topological polar surface area (TPSA) is 30.7 Å². The molecule has 0 aliphatic carbocycles. The zero-order valence-electron chi connectivity index (χ0n) is 14.7. The van der Waals surface area contributed by atoms with Gasteiger partial charge in [-0.3, -0.25) is 9.97 Å². The van der Waals surface area contributed by atoms with Gasteiger partial charge in [-0.1, -0.05) is 50.5 Å². The van der Waals surface area contributed by atoms with E-state index in [0.29, 0.717) is 0 Å². The molecule has 4 rings (SSSR count). The molecule has 25 heavy (non-hydrogen) atoms. The average Bonchev–Trinajstić information content (AvgIpc) is 3.00. The third-order valence-electron chi connectivity index (χ3n) is 4.82. The first-order chi connectivity index (χ1) is 12.4. The Morgan fingerprint density at radius 3 is 2.52 bits per heavy atom. The van der Waals surface area contributed by atoms with E-state index in [1.807, 2.05) is 30.6 Å². The molecule has 0 saturated carbocycles. The van der Waals surface area contributed by atoms with Gasteiger partial charge in [-0.05, 0) is 30.7 Å². The van der Waals surface area contributed by atoms with Gasteiger partial charge >= 0.3 is 0 Å². The monoisotopic (exact) mass is 329 g/mol. The van der Waals surface area contributed by atoms with Gasteiger partial charge < -0.3 is 4.57 Å². The van der Waals surface area contributed by atoms with Crippen LogP contribution in [0.3, 0.4) is 0 Å². The van der Waals surface area contributed by atoms with Crippen molar-refractivity contribution in [3.63, 3.8) is 0 Å². The molecule has 3 heteroatoms. The van der Waals surface area contributed by atoms with Crippen molar-refractivity contribution >= 4 is 21.8 Å². The van der Waals surface area contributed by atoms with E-state index < -0.39 is 0 Å². The number of hydrogen-bond donors (Lipinski definition) is 0. The van der Waals surface area contributed by atoms with Crippen LogP contribution in [0, 0.1) is 0 Å². The number of aryl methyl sites for hydroxylation is 1. The van der Waals surface area contributed by atoms with E-state index in [9.17, 15) is 0 Å². The van der Waals surface area contributed by atoms with Crippen LogP contribution in [0.25, 0.3) is 33.2 Å². The summed E-state index contributed by atoms with van der Waals surface area (Å²) in [5.74, 6) is 0. The second kappa shape index (κ2) is 7.06. The number of nitrogens with zero attached hydrogens (tertiary/aromatic N) is 3. The summed E-state index contributed by atoms with van der Waals surface area (Å²) in [6, 6.07) is 16.8. The molecule has 0 N–H and O–H groups in total. The minimum absolute atomic E-state index is 0.936. The molecule has 3 heterocycles. The van der Waals surface area contributed by atoms with Crippen LogP contribution in [0.15, 0.2) is 60.9 Å². The lowest BCUT2D eigenvalue weighted by molar-refractivity contribution is 0.602. The maximum atomic E-state index is 4.69. The lowest BCUT2D eigenvalue weighted by Gasteiger charge is -2.10. The zero-order valence-corrected chi connectivity index (χ0v) is 14.7. The van der Waals surface area contributed by atoms with Crippen molar-refractivity contribution in [3.05, 3.63) is 60.9 Å². The summed E-state index contributed by atoms with van der Waals surface area (Å²) in [7, 11) is 0. The standard InChI is InChI=1S/C22H23N3/c1-2-3-4-9-16-25-20-12-6-5-10-17(20)18-13-15-24-21(22(18)25)19-11-7-8-14-23-19/h5-8,10-15H,2-4,9,16H2,1H3. The molecule has 0 bridgehead atoms. The molecule has 3 aromatic heterocycles. The van der Waals surface area contributed by atoms with Crippen molar-refractivity contribution in [2.75, 3.05) is 0 Å². The molecule has 0 spiro atoms. The van der Waals surface area contributed by atoms with Gasteiger partial charge in [0.25, 0.3) is 0 Å². The number of benzene rings is 1. The van der Waals surface area contributed by atoms with Gasteiger partial charge in [-0.2, -0.15) is 0 Å². The molecule has 0 atom stereocenters. The third kappa shape index (κ3) is 2.91. The van der Waals surface area contributed by atoms with Crippen LogP contribution in [0.1, 0.15) is 32.6 Å². The minimum atomic E-state index is 0.936. The second-order valence-electron chi connectivity index (χ2n) is 6.50. The summed E-state index contributed by atoms with van der Waals surface area (Å²) >= 11 is 0. The van der Waals surface area contributed by atoms with Crippen molar-refractivity contribution in [3.8, 4) is 11.4 Å². The lowest BCUT2D eigenvalue weighted by Crippen LogP contribution is -2.00. The number of unbranched alkanes of at least 4 members (excludes halogenated alkanes) is 3. The Morgan fingerprint density at radius 2 is 1.68 bits per heavy atom. The number of para-hydroxylation sites is 1. The molecule has 0 amide bonds. The Morgan fingerprint density at radius 1 is 0.800 bits per heavy atom. The van der Waals surface area contributed by atoms with Crippen LogP contribution in [-0.2, 0) is 6.54 Å². The number of hydrogen-bond acceptors (Lipinski definition) is 2. The van der Waals surface area contributed by atoms with E-state index >= 15 is 0 Å². The van der Waals surface area contributed by atoms with Crippen molar-refractivity contribution in [1.82, 2.24) is 14.5 Å². The van der Waals surface area contributed by atoms with Gasteiger partial charge in [0.15, 0.2) is 0 Å². The van der Waals surface area contributed by atoms with Crippen molar-refractivity contribution in [1.29, 1.82) is 0 Å². The molecule has 126 valence electrons. The fourth-order valence-electron chi connectivity index (χ4n) is 3.62. The summed E-state index contributed by atoms with van der Waals surface area (Å²) in [6.45, 7) is 3.28. The Labute approximate surface area is 148 Å². The normalized spacial score (nSPS) is 11.4. The number of aromatic nitrogens is 3. The predicted octanol–water partition coefficient (Wildman–Crippen LogP) is 5.83. The van der Waals surface area contributed by atoms with Gasteiger partial charge in [0.2, 0.25) is 0 Å². The van der Waals surface area contributed by atoms with Crippen LogP contribution in [-0.4, -0.2) is 14.5 Å². The quantitative estimate of drug-likeness (QED) is 0.417. The minimum Gasteiger partial charge on any atom is -0.339 e. The highest BCUT2D eigenvalue weighted by Gasteiger charge is 2.15. The first kappa shape index (κ1) is 15.8. The highest BCUT2D eigenvalue weighted by atomic mass is 15.0. The number of rotatable bonds is 6. The van der Waals surface area contributed by atoms with Crippen molar-refractivity contribution < 1.29 is 0 Å². The van der Waals surface area contributed by atoms with Crippen LogP contribution < -0.4 is 0 Å². The maximum absolute atomic E-state index is 4.69. The van der Waals surface area contributed by atoms with Crippen molar-refractivity contribution in [2.45, 2.75) is 39.2 Å². The van der Waals surface area contributed by atoms with Crippen LogP contribution in [0.4, 0.5) is 0 Å². The molecule has 0 aliphatic rings. The van der Waals surface area contributed by atoms with E-state index in [2.05, 4.69) is 46.8 Å². The molecule has 0 radical (unpaired) electrons. The largest absolute Gasteiger partial charge is 0.339 e. The summed E-state index contributed by atoms with van der Waals surface area (Å²) < 4.78 is 2.44. The Hall–Kier alpha value is -2.68. The fourth-order valence-corrected chi connectivity index (χ4v) is 3.62. The Balaban J connectivity index is 1.92. The van der Waals surface area contributed by atoms with E-state index in [1.54, 1.807) is 0 Å². The average molecular weight is 329 g/mol. The number of fused-ring (bicyclic) bond motifs is 3. The molecule has 0 aliphatic heterocycles. The van der Waals surface area contributed by atoms with Gasteiger partial charge in [0.05, 0.1) is 11.2 Å². The Bertz CT molecular complexity index is 986. The molecule has 1 aromatic carbocycles. The van der Waals surface area contributed by atoms with Gasteiger partial charge in [0.1, 0.15) is 5.69 Å². The SMILES string of the molecule is CCCCCCn1c2ccccc2c2ccnc(-c3ccccn3)c21. The fraction of sp³-hybridized carbons (Fsp3) is 0.273. The third-order valence-corrected chi connectivity index (χ3v) is 4.82. The molecular weight excluding hydrogens is 306 g/mol. The van der Waals surface area contributed by atoms with E-state index in [0.717, 1.165) is 17.9 Å².